The first-order valence-electron chi connectivity index (χ1n) is 7.44. The second-order valence-corrected chi connectivity index (χ2v) is 5.85. The Kier molecular flexibility index (Phi) is 4.75. The molecule has 2 nitrogen and oxygen atoms in total. The maximum absolute atomic E-state index is 9.33. The molecular weight excluding hydrogens is 306 g/mol. The summed E-state index contributed by atoms with van der Waals surface area (Å²) in [4.78, 5) is 4.61. The maximum Gasteiger partial charge on any atom is 0.0724 e. The quantitative estimate of drug-likeness (QED) is 0.735. The SMILES string of the molecule is [CH2][C@@H](CO)c1ccccc1C=Cc1ccc2ccc(Cl)cc2n1. The predicted octanol–water partition coefficient (Wildman–Crippen LogP) is 4.97. The fourth-order valence-electron chi connectivity index (χ4n) is 2.51. The fourth-order valence-corrected chi connectivity index (χ4v) is 2.67. The molecule has 0 aliphatic heterocycles. The van der Waals surface area contributed by atoms with Crippen molar-refractivity contribution >= 4 is 34.7 Å². The van der Waals surface area contributed by atoms with Gasteiger partial charge in [-0.3, -0.25) is 0 Å². The Labute approximate surface area is 141 Å². The fraction of sp³-hybridized carbons (Fsp3) is 0.100. The highest BCUT2D eigenvalue weighted by Gasteiger charge is 2.07. The maximum atomic E-state index is 9.33. The monoisotopic (exact) mass is 322 g/mol. The van der Waals surface area contributed by atoms with E-state index in [-0.39, 0.29) is 12.5 Å². The normalized spacial score (nSPS) is 12.8. The van der Waals surface area contributed by atoms with Gasteiger partial charge in [0.25, 0.3) is 0 Å². The third-order valence-electron chi connectivity index (χ3n) is 3.77. The minimum absolute atomic E-state index is 0.0254. The van der Waals surface area contributed by atoms with Crippen LogP contribution in [0.1, 0.15) is 22.7 Å². The van der Waals surface area contributed by atoms with Crippen LogP contribution in [0.2, 0.25) is 5.02 Å². The Morgan fingerprint density at radius 3 is 2.70 bits per heavy atom. The van der Waals surface area contributed by atoms with Crippen LogP contribution < -0.4 is 0 Å². The van der Waals surface area contributed by atoms with Gasteiger partial charge in [0, 0.05) is 22.9 Å². The minimum atomic E-state index is -0.140. The number of hydrogen-bond acceptors (Lipinski definition) is 2. The number of aromatic nitrogens is 1. The molecule has 1 aromatic heterocycles. The zero-order valence-corrected chi connectivity index (χ0v) is 13.4. The van der Waals surface area contributed by atoms with E-state index in [1.54, 1.807) is 0 Å². The lowest BCUT2D eigenvalue weighted by Gasteiger charge is -2.11. The predicted molar refractivity (Wildman–Crippen MR) is 97.3 cm³/mol. The Morgan fingerprint density at radius 2 is 1.87 bits per heavy atom. The second kappa shape index (κ2) is 6.95. The summed E-state index contributed by atoms with van der Waals surface area (Å²) < 4.78 is 0. The average Bonchev–Trinajstić information content (AvgIpc) is 2.59. The van der Waals surface area contributed by atoms with Crippen LogP contribution in [0, 0.1) is 6.92 Å². The Bertz CT molecular complexity index is 857. The van der Waals surface area contributed by atoms with Crippen LogP contribution in [0.5, 0.6) is 0 Å². The molecule has 1 atom stereocenters. The highest BCUT2D eigenvalue weighted by atomic mass is 35.5. The van der Waals surface area contributed by atoms with Gasteiger partial charge in [0.05, 0.1) is 11.2 Å². The number of benzene rings is 2. The van der Waals surface area contributed by atoms with E-state index in [1.165, 1.54) is 0 Å². The van der Waals surface area contributed by atoms with E-state index in [4.69, 9.17) is 11.6 Å². The summed E-state index contributed by atoms with van der Waals surface area (Å²) in [5.41, 5.74) is 3.79. The zero-order chi connectivity index (χ0) is 16.2. The molecule has 0 spiro atoms. The molecule has 0 amide bonds. The number of hydrogen-bond donors (Lipinski definition) is 1. The molecule has 0 unspecified atom stereocenters. The van der Waals surface area contributed by atoms with E-state index < -0.39 is 0 Å². The van der Waals surface area contributed by atoms with Crippen molar-refractivity contribution in [3.05, 3.63) is 83.4 Å². The number of nitrogens with zero attached hydrogens (tertiary/aromatic N) is 1. The number of fused-ring (bicyclic) bond motifs is 1. The Hall–Kier alpha value is -2.16. The van der Waals surface area contributed by atoms with Crippen molar-refractivity contribution in [2.45, 2.75) is 5.92 Å². The molecule has 3 aromatic rings. The number of rotatable bonds is 4. The average molecular weight is 323 g/mol. The van der Waals surface area contributed by atoms with Crippen LogP contribution in [0.25, 0.3) is 23.1 Å². The van der Waals surface area contributed by atoms with Gasteiger partial charge in [-0.15, -0.1) is 0 Å². The number of aliphatic hydroxyl groups excluding tert-OH is 1. The van der Waals surface area contributed by atoms with Crippen LogP contribution in [0.15, 0.2) is 54.6 Å². The van der Waals surface area contributed by atoms with Crippen LogP contribution in [0.4, 0.5) is 0 Å². The summed E-state index contributed by atoms with van der Waals surface area (Å²) in [6.45, 7) is 4.00. The first-order valence-corrected chi connectivity index (χ1v) is 7.82. The standard InChI is InChI=1S/C20H17ClNO/c1-14(13-23)19-5-3-2-4-15(19)7-10-18-11-8-16-6-9-17(21)12-20(16)22-18/h2-12,14,23H,1,13H2/t14-/m0/s1. The Morgan fingerprint density at radius 1 is 1.09 bits per heavy atom. The highest BCUT2D eigenvalue weighted by molar-refractivity contribution is 6.31. The first kappa shape index (κ1) is 15.7. The lowest BCUT2D eigenvalue weighted by Crippen LogP contribution is -2.01. The molecule has 0 aliphatic carbocycles. The molecule has 0 fully saturated rings. The van der Waals surface area contributed by atoms with E-state index in [9.17, 15) is 5.11 Å². The van der Waals surface area contributed by atoms with Gasteiger partial charge in [-0.2, -0.15) is 0 Å². The van der Waals surface area contributed by atoms with Gasteiger partial charge in [-0.1, -0.05) is 54.1 Å². The number of halogens is 1. The molecule has 0 bridgehead atoms. The topological polar surface area (TPSA) is 33.1 Å². The zero-order valence-electron chi connectivity index (χ0n) is 12.6. The summed E-state index contributed by atoms with van der Waals surface area (Å²) in [6.07, 6.45) is 3.96. The van der Waals surface area contributed by atoms with Gasteiger partial charge in [0.2, 0.25) is 0 Å². The molecule has 1 radical (unpaired) electrons. The summed E-state index contributed by atoms with van der Waals surface area (Å²) in [5.74, 6) is -0.140. The molecule has 0 saturated carbocycles. The van der Waals surface area contributed by atoms with Gasteiger partial charge in [-0.25, -0.2) is 4.98 Å². The molecular formula is C20H17ClNO. The van der Waals surface area contributed by atoms with Crippen LogP contribution in [-0.4, -0.2) is 16.7 Å². The lowest BCUT2D eigenvalue weighted by atomic mass is 9.96. The molecule has 1 N–H and O–H groups in total. The molecule has 3 rings (SSSR count). The van der Waals surface area contributed by atoms with E-state index in [0.29, 0.717) is 5.02 Å². The first-order chi connectivity index (χ1) is 11.2. The molecule has 2 aromatic carbocycles. The van der Waals surface area contributed by atoms with E-state index in [1.807, 2.05) is 66.7 Å². The number of pyridine rings is 1. The summed E-state index contributed by atoms with van der Waals surface area (Å²) in [5, 5.41) is 11.1. The number of aliphatic hydroxyl groups is 1. The van der Waals surface area contributed by atoms with Crippen molar-refractivity contribution in [3.63, 3.8) is 0 Å². The van der Waals surface area contributed by atoms with E-state index in [0.717, 1.165) is 27.7 Å². The molecule has 23 heavy (non-hydrogen) atoms. The molecule has 1 heterocycles. The second-order valence-electron chi connectivity index (χ2n) is 5.41. The van der Waals surface area contributed by atoms with Crippen LogP contribution in [0.3, 0.4) is 0 Å². The Balaban J connectivity index is 1.94. The summed E-state index contributed by atoms with van der Waals surface area (Å²) >= 11 is 6.03. The third kappa shape index (κ3) is 3.61. The molecule has 115 valence electrons. The van der Waals surface area contributed by atoms with Gasteiger partial charge in [-0.05, 0) is 42.3 Å². The minimum Gasteiger partial charge on any atom is -0.396 e. The van der Waals surface area contributed by atoms with E-state index >= 15 is 0 Å². The van der Waals surface area contributed by atoms with Gasteiger partial charge >= 0.3 is 0 Å². The van der Waals surface area contributed by atoms with Crippen LogP contribution in [-0.2, 0) is 0 Å². The largest absolute Gasteiger partial charge is 0.396 e. The van der Waals surface area contributed by atoms with E-state index in [2.05, 4.69) is 11.9 Å². The van der Waals surface area contributed by atoms with Crippen LogP contribution >= 0.6 is 11.6 Å². The smallest absolute Gasteiger partial charge is 0.0724 e. The molecule has 3 heteroatoms. The van der Waals surface area contributed by atoms with Crippen molar-refractivity contribution < 1.29 is 5.11 Å². The van der Waals surface area contributed by atoms with Crippen molar-refractivity contribution in [2.24, 2.45) is 0 Å². The summed E-state index contributed by atoms with van der Waals surface area (Å²) in [7, 11) is 0. The van der Waals surface area contributed by atoms with Crippen molar-refractivity contribution in [2.75, 3.05) is 6.61 Å². The third-order valence-corrected chi connectivity index (χ3v) is 4.00. The molecule has 0 saturated heterocycles. The lowest BCUT2D eigenvalue weighted by molar-refractivity contribution is 0.282. The van der Waals surface area contributed by atoms with Crippen molar-refractivity contribution in [3.8, 4) is 0 Å². The van der Waals surface area contributed by atoms with Crippen molar-refractivity contribution in [1.82, 2.24) is 4.98 Å². The molecule has 0 aliphatic rings. The van der Waals surface area contributed by atoms with Gasteiger partial charge in [0.1, 0.15) is 0 Å². The van der Waals surface area contributed by atoms with Crippen molar-refractivity contribution in [1.29, 1.82) is 0 Å². The highest BCUT2D eigenvalue weighted by Crippen LogP contribution is 2.22. The van der Waals surface area contributed by atoms with Gasteiger partial charge in [0.15, 0.2) is 0 Å². The summed E-state index contributed by atoms with van der Waals surface area (Å²) in [6, 6.07) is 17.6. The van der Waals surface area contributed by atoms with Gasteiger partial charge < -0.3 is 5.11 Å².